The lowest BCUT2D eigenvalue weighted by atomic mass is 10.0. The zero-order chi connectivity index (χ0) is 13.1. The maximum atomic E-state index is 12.6. The highest BCUT2D eigenvalue weighted by Gasteiger charge is 2.28. The van der Waals surface area contributed by atoms with E-state index in [1.807, 2.05) is 18.7 Å². The Kier molecular flexibility index (Phi) is 4.01. The Hall–Kier alpha value is -1.36. The molecule has 1 aliphatic rings. The molecule has 0 saturated carbocycles. The van der Waals surface area contributed by atoms with Crippen LogP contribution in [-0.2, 0) is 0 Å². The van der Waals surface area contributed by atoms with Gasteiger partial charge in [0.15, 0.2) is 0 Å². The Bertz CT molecular complexity index is 402. The van der Waals surface area contributed by atoms with E-state index >= 15 is 0 Å². The van der Waals surface area contributed by atoms with E-state index in [0.29, 0.717) is 23.1 Å². The highest BCUT2D eigenvalue weighted by Crippen LogP contribution is 2.19. The Labute approximate surface area is 108 Å². The van der Waals surface area contributed by atoms with Crippen molar-refractivity contribution in [3.63, 3.8) is 0 Å². The van der Waals surface area contributed by atoms with Crippen LogP contribution in [0.25, 0.3) is 0 Å². The van der Waals surface area contributed by atoms with Gasteiger partial charge < -0.3 is 14.7 Å². The van der Waals surface area contributed by atoms with Gasteiger partial charge in [-0.3, -0.25) is 4.79 Å². The molecule has 0 radical (unpaired) electrons. The highest BCUT2D eigenvalue weighted by molar-refractivity contribution is 5.96. The van der Waals surface area contributed by atoms with Crippen LogP contribution >= 0.6 is 0 Å². The topological polar surface area (TPSA) is 58.4 Å². The summed E-state index contributed by atoms with van der Waals surface area (Å²) in [6.45, 7) is 8.33. The van der Waals surface area contributed by atoms with Crippen molar-refractivity contribution in [2.24, 2.45) is 0 Å². The number of hydrogen-bond donors (Lipinski definition) is 1. The number of carbonyl (C=O) groups excluding carboxylic acids is 1. The first kappa shape index (κ1) is 13.1. The number of aryl methyl sites for hydroxylation is 2. The van der Waals surface area contributed by atoms with Crippen molar-refractivity contribution in [2.75, 3.05) is 19.6 Å². The fourth-order valence-electron chi connectivity index (χ4n) is 2.62. The van der Waals surface area contributed by atoms with E-state index in [9.17, 15) is 4.79 Å². The third-order valence-corrected chi connectivity index (χ3v) is 3.60. The molecule has 0 aromatic carbocycles. The molecule has 0 atom stereocenters. The molecule has 5 nitrogen and oxygen atoms in total. The van der Waals surface area contributed by atoms with Crippen molar-refractivity contribution in [3.05, 3.63) is 17.0 Å². The molecule has 0 aliphatic carbocycles. The Morgan fingerprint density at radius 2 is 2.11 bits per heavy atom. The first-order valence-corrected chi connectivity index (χ1v) is 6.59. The van der Waals surface area contributed by atoms with Crippen LogP contribution in [0.2, 0.25) is 0 Å². The zero-order valence-electron chi connectivity index (χ0n) is 11.3. The van der Waals surface area contributed by atoms with E-state index in [4.69, 9.17) is 4.52 Å². The minimum atomic E-state index is 0.0562. The van der Waals surface area contributed by atoms with Crippen LogP contribution in [0.5, 0.6) is 0 Å². The minimum absolute atomic E-state index is 0.0562. The molecule has 1 N–H and O–H groups in total. The number of aromatic nitrogens is 1. The molecule has 1 saturated heterocycles. The van der Waals surface area contributed by atoms with E-state index in [1.165, 1.54) is 0 Å². The molecular weight excluding hydrogens is 230 g/mol. The number of carbonyl (C=O) groups is 1. The monoisotopic (exact) mass is 251 g/mol. The number of amides is 1. The van der Waals surface area contributed by atoms with Gasteiger partial charge in [-0.25, -0.2) is 0 Å². The fourth-order valence-corrected chi connectivity index (χ4v) is 2.62. The van der Waals surface area contributed by atoms with Crippen LogP contribution < -0.4 is 5.32 Å². The van der Waals surface area contributed by atoms with E-state index in [-0.39, 0.29) is 5.91 Å². The van der Waals surface area contributed by atoms with E-state index in [0.717, 1.165) is 32.5 Å². The van der Waals surface area contributed by atoms with Crippen molar-refractivity contribution in [3.8, 4) is 0 Å². The lowest BCUT2D eigenvalue weighted by Gasteiger charge is -2.33. The molecule has 0 unspecified atom stereocenters. The largest absolute Gasteiger partial charge is 0.361 e. The number of nitrogens with zero attached hydrogens (tertiary/aromatic N) is 2. The van der Waals surface area contributed by atoms with Gasteiger partial charge in [-0.1, -0.05) is 5.16 Å². The summed E-state index contributed by atoms with van der Waals surface area (Å²) in [6.07, 6.45) is 2.03. The first-order valence-electron chi connectivity index (χ1n) is 6.59. The average Bonchev–Trinajstić information content (AvgIpc) is 2.71. The predicted molar refractivity (Wildman–Crippen MR) is 68.6 cm³/mol. The van der Waals surface area contributed by atoms with Crippen LogP contribution in [-0.4, -0.2) is 41.6 Å². The summed E-state index contributed by atoms with van der Waals surface area (Å²) >= 11 is 0. The van der Waals surface area contributed by atoms with Gasteiger partial charge in [0.2, 0.25) is 0 Å². The predicted octanol–water partition coefficient (Wildman–Crippen LogP) is 1.51. The SMILES string of the molecule is CCN(C(=O)c1c(C)noc1C)C1CCNCC1. The van der Waals surface area contributed by atoms with Gasteiger partial charge in [0, 0.05) is 12.6 Å². The van der Waals surface area contributed by atoms with Crippen LogP contribution in [0.15, 0.2) is 4.52 Å². The molecule has 2 rings (SSSR count). The third kappa shape index (κ3) is 2.41. The quantitative estimate of drug-likeness (QED) is 0.884. The highest BCUT2D eigenvalue weighted by atomic mass is 16.5. The molecule has 0 spiro atoms. The summed E-state index contributed by atoms with van der Waals surface area (Å²) in [5.41, 5.74) is 1.32. The van der Waals surface area contributed by atoms with Crippen molar-refractivity contribution in [1.82, 2.24) is 15.4 Å². The number of piperidine rings is 1. The lowest BCUT2D eigenvalue weighted by Crippen LogP contribution is -2.46. The fraction of sp³-hybridized carbons (Fsp3) is 0.692. The second kappa shape index (κ2) is 5.52. The minimum Gasteiger partial charge on any atom is -0.361 e. The van der Waals surface area contributed by atoms with Crippen molar-refractivity contribution in [1.29, 1.82) is 0 Å². The lowest BCUT2D eigenvalue weighted by molar-refractivity contribution is 0.0653. The maximum Gasteiger partial charge on any atom is 0.259 e. The number of rotatable bonds is 3. The molecule has 1 fully saturated rings. The average molecular weight is 251 g/mol. The van der Waals surface area contributed by atoms with Crippen LogP contribution in [0.3, 0.4) is 0 Å². The first-order chi connectivity index (χ1) is 8.65. The van der Waals surface area contributed by atoms with Crippen molar-refractivity contribution < 1.29 is 9.32 Å². The van der Waals surface area contributed by atoms with Gasteiger partial charge in [0.25, 0.3) is 5.91 Å². The van der Waals surface area contributed by atoms with Gasteiger partial charge in [-0.2, -0.15) is 0 Å². The standard InChI is InChI=1S/C13H21N3O2/c1-4-16(11-5-7-14-8-6-11)13(17)12-9(2)15-18-10(12)3/h11,14H,4-8H2,1-3H3. The molecule has 1 amide bonds. The van der Waals surface area contributed by atoms with Gasteiger partial charge in [0.05, 0.1) is 5.69 Å². The Morgan fingerprint density at radius 3 is 2.61 bits per heavy atom. The molecule has 18 heavy (non-hydrogen) atoms. The molecule has 1 aromatic rings. The summed E-state index contributed by atoms with van der Waals surface area (Å²) < 4.78 is 5.09. The molecule has 2 heterocycles. The summed E-state index contributed by atoms with van der Waals surface area (Å²) in [5.74, 6) is 0.672. The normalized spacial score (nSPS) is 16.8. The second-order valence-electron chi connectivity index (χ2n) is 4.77. The van der Waals surface area contributed by atoms with Crippen LogP contribution in [0.4, 0.5) is 0 Å². The molecule has 100 valence electrons. The summed E-state index contributed by atoms with van der Waals surface area (Å²) in [7, 11) is 0. The number of hydrogen-bond acceptors (Lipinski definition) is 4. The van der Waals surface area contributed by atoms with Crippen molar-refractivity contribution in [2.45, 2.75) is 39.7 Å². The van der Waals surface area contributed by atoms with Crippen LogP contribution in [0, 0.1) is 13.8 Å². The molecular formula is C13H21N3O2. The van der Waals surface area contributed by atoms with E-state index in [1.54, 1.807) is 6.92 Å². The number of nitrogens with one attached hydrogen (secondary N) is 1. The summed E-state index contributed by atoms with van der Waals surface area (Å²) in [6, 6.07) is 0.331. The van der Waals surface area contributed by atoms with Crippen LogP contribution in [0.1, 0.15) is 41.6 Å². The van der Waals surface area contributed by atoms with E-state index in [2.05, 4.69) is 10.5 Å². The molecule has 0 bridgehead atoms. The molecule has 1 aromatic heterocycles. The van der Waals surface area contributed by atoms with Gasteiger partial charge in [-0.05, 0) is 46.7 Å². The maximum absolute atomic E-state index is 12.6. The Morgan fingerprint density at radius 1 is 1.44 bits per heavy atom. The zero-order valence-corrected chi connectivity index (χ0v) is 11.3. The Balaban J connectivity index is 2.19. The summed E-state index contributed by atoms with van der Waals surface area (Å²) in [4.78, 5) is 14.5. The van der Waals surface area contributed by atoms with E-state index < -0.39 is 0 Å². The van der Waals surface area contributed by atoms with Gasteiger partial charge in [-0.15, -0.1) is 0 Å². The van der Waals surface area contributed by atoms with Gasteiger partial charge in [0.1, 0.15) is 11.3 Å². The third-order valence-electron chi connectivity index (χ3n) is 3.60. The second-order valence-corrected chi connectivity index (χ2v) is 4.77. The molecule has 5 heteroatoms. The summed E-state index contributed by atoms with van der Waals surface area (Å²) in [5, 5.41) is 7.19. The smallest absolute Gasteiger partial charge is 0.259 e. The van der Waals surface area contributed by atoms with Crippen molar-refractivity contribution >= 4 is 5.91 Å². The van der Waals surface area contributed by atoms with Gasteiger partial charge >= 0.3 is 0 Å². The molecule has 1 aliphatic heterocycles.